The minimum Gasteiger partial charge on any atom is -0.202 e. The molecule has 0 saturated carbocycles. The average Bonchev–Trinajstić information content (AvgIpc) is 2.38. The summed E-state index contributed by atoms with van der Waals surface area (Å²) in [5, 5.41) is 0. The second-order valence-electron chi connectivity index (χ2n) is 4.86. The number of hydrogen-bond donors (Lipinski definition) is 0. The summed E-state index contributed by atoms with van der Waals surface area (Å²) in [5.41, 5.74) is 1.46. The zero-order valence-electron chi connectivity index (χ0n) is 11.6. The lowest BCUT2D eigenvalue weighted by atomic mass is 10.1. The smallest absolute Gasteiger partial charge is 0.181 e. The van der Waals surface area contributed by atoms with Crippen LogP contribution in [0.5, 0.6) is 0 Å². The van der Waals surface area contributed by atoms with E-state index in [0.29, 0.717) is 0 Å². The van der Waals surface area contributed by atoms with Gasteiger partial charge in [-0.05, 0) is 6.42 Å². The zero-order valence-corrected chi connectivity index (χ0v) is 11.6. The maximum Gasteiger partial charge on any atom is 0.181 e. The molecule has 0 saturated heterocycles. The number of hydrogen-bond acceptors (Lipinski definition) is 0. The second kappa shape index (κ2) is 9.21. The Morgan fingerprint density at radius 3 is 2.29 bits per heavy atom. The molecule has 0 bridgehead atoms. The average molecular weight is 234 g/mol. The molecule has 1 aromatic heterocycles. The monoisotopic (exact) mass is 234 g/mol. The molecular weight excluding hydrogens is 206 g/mol. The van der Waals surface area contributed by atoms with E-state index in [1.165, 1.54) is 57.2 Å². The van der Waals surface area contributed by atoms with Crippen LogP contribution in [0.25, 0.3) is 0 Å². The van der Waals surface area contributed by atoms with Gasteiger partial charge < -0.3 is 0 Å². The summed E-state index contributed by atoms with van der Waals surface area (Å²) in [6, 6.07) is 6.52. The van der Waals surface area contributed by atoms with Gasteiger partial charge in [-0.3, -0.25) is 0 Å². The van der Waals surface area contributed by atoms with E-state index in [4.69, 9.17) is 0 Å². The van der Waals surface area contributed by atoms with E-state index in [0.717, 1.165) is 6.42 Å². The van der Waals surface area contributed by atoms with E-state index >= 15 is 0 Å². The maximum atomic E-state index is 2.41. The summed E-state index contributed by atoms with van der Waals surface area (Å²) in [5.74, 6) is 0. The van der Waals surface area contributed by atoms with Crippen LogP contribution >= 0.6 is 0 Å². The first-order chi connectivity index (χ1) is 8.38. The van der Waals surface area contributed by atoms with Gasteiger partial charge in [0.05, 0.1) is 0 Å². The van der Waals surface area contributed by atoms with Gasteiger partial charge in [0.15, 0.2) is 11.9 Å². The molecule has 17 heavy (non-hydrogen) atoms. The molecule has 1 heteroatoms. The normalized spacial score (nSPS) is 10.7. The summed E-state index contributed by atoms with van der Waals surface area (Å²) in [4.78, 5) is 0. The van der Waals surface area contributed by atoms with Crippen molar-refractivity contribution in [3.63, 3.8) is 0 Å². The van der Waals surface area contributed by atoms with Gasteiger partial charge in [0.1, 0.15) is 6.54 Å². The number of aryl methyl sites for hydroxylation is 2. The van der Waals surface area contributed by atoms with Crippen molar-refractivity contribution in [2.75, 3.05) is 0 Å². The SMILES string of the molecule is CCCCCCCCC[n+]1ccccc1CC. The van der Waals surface area contributed by atoms with Crippen molar-refractivity contribution in [2.24, 2.45) is 0 Å². The predicted octanol–water partition coefficient (Wildman–Crippen LogP) is 4.29. The van der Waals surface area contributed by atoms with Gasteiger partial charge in [-0.1, -0.05) is 52.0 Å². The van der Waals surface area contributed by atoms with Crippen molar-refractivity contribution < 1.29 is 4.57 Å². The summed E-state index contributed by atoms with van der Waals surface area (Å²) in [6.07, 6.45) is 13.1. The molecule has 96 valence electrons. The largest absolute Gasteiger partial charge is 0.202 e. The van der Waals surface area contributed by atoms with Crippen molar-refractivity contribution in [3.05, 3.63) is 30.1 Å². The first kappa shape index (κ1) is 14.2. The molecule has 1 aromatic rings. The molecule has 0 N–H and O–H groups in total. The summed E-state index contributed by atoms with van der Waals surface area (Å²) >= 11 is 0. The third-order valence-corrected chi connectivity index (χ3v) is 3.40. The Kier molecular flexibility index (Phi) is 7.70. The van der Waals surface area contributed by atoms with Gasteiger partial charge in [-0.2, -0.15) is 0 Å². The third-order valence-electron chi connectivity index (χ3n) is 3.40. The number of pyridine rings is 1. The van der Waals surface area contributed by atoms with Gasteiger partial charge in [0.2, 0.25) is 0 Å². The van der Waals surface area contributed by atoms with E-state index in [9.17, 15) is 0 Å². The quantitative estimate of drug-likeness (QED) is 0.443. The minimum absolute atomic E-state index is 1.14. The van der Waals surface area contributed by atoms with Crippen LogP contribution in [0.4, 0.5) is 0 Å². The van der Waals surface area contributed by atoms with Gasteiger partial charge in [-0.25, -0.2) is 4.57 Å². The minimum atomic E-state index is 1.14. The van der Waals surface area contributed by atoms with Gasteiger partial charge in [-0.15, -0.1) is 0 Å². The van der Waals surface area contributed by atoms with Crippen molar-refractivity contribution in [1.29, 1.82) is 0 Å². The number of aromatic nitrogens is 1. The van der Waals surface area contributed by atoms with E-state index in [2.05, 4.69) is 42.8 Å². The van der Waals surface area contributed by atoms with Crippen molar-refractivity contribution in [3.8, 4) is 0 Å². The van der Waals surface area contributed by atoms with Crippen LogP contribution in [0.1, 0.15) is 64.5 Å². The first-order valence-corrected chi connectivity index (χ1v) is 7.35. The Morgan fingerprint density at radius 2 is 1.59 bits per heavy atom. The molecule has 1 rings (SSSR count). The van der Waals surface area contributed by atoms with Crippen LogP contribution in [0.3, 0.4) is 0 Å². The van der Waals surface area contributed by atoms with E-state index in [-0.39, 0.29) is 0 Å². The molecule has 0 aliphatic heterocycles. The van der Waals surface area contributed by atoms with Crippen LogP contribution in [-0.4, -0.2) is 0 Å². The molecular formula is C16H28N+. The zero-order chi connectivity index (χ0) is 12.3. The molecule has 0 atom stereocenters. The van der Waals surface area contributed by atoms with Crippen LogP contribution in [-0.2, 0) is 13.0 Å². The molecule has 0 radical (unpaired) electrons. The standard InChI is InChI=1S/C16H28N/c1-3-5-6-7-8-9-11-14-17-15-12-10-13-16(17)4-2/h10,12-13,15H,3-9,11,14H2,1-2H3/q+1. The van der Waals surface area contributed by atoms with Crippen molar-refractivity contribution in [1.82, 2.24) is 0 Å². The van der Waals surface area contributed by atoms with Crippen LogP contribution < -0.4 is 4.57 Å². The second-order valence-corrected chi connectivity index (χ2v) is 4.86. The van der Waals surface area contributed by atoms with Gasteiger partial charge in [0, 0.05) is 25.0 Å². The highest BCUT2D eigenvalue weighted by atomic mass is 14.9. The highest BCUT2D eigenvalue weighted by Crippen LogP contribution is 2.06. The Labute approximate surface area is 107 Å². The Bertz CT molecular complexity index is 293. The van der Waals surface area contributed by atoms with E-state index in [1.54, 1.807) is 0 Å². The Morgan fingerprint density at radius 1 is 0.882 bits per heavy atom. The predicted molar refractivity (Wildman–Crippen MR) is 74.0 cm³/mol. The summed E-state index contributed by atoms with van der Waals surface area (Å²) < 4.78 is 2.41. The molecule has 0 fully saturated rings. The molecule has 0 aromatic carbocycles. The fourth-order valence-electron chi connectivity index (χ4n) is 2.29. The Hall–Kier alpha value is -0.850. The third kappa shape index (κ3) is 5.86. The van der Waals surface area contributed by atoms with Crippen molar-refractivity contribution in [2.45, 2.75) is 71.8 Å². The summed E-state index contributed by atoms with van der Waals surface area (Å²) in [7, 11) is 0. The first-order valence-electron chi connectivity index (χ1n) is 7.35. The van der Waals surface area contributed by atoms with Crippen molar-refractivity contribution >= 4 is 0 Å². The molecule has 0 unspecified atom stereocenters. The fraction of sp³-hybridized carbons (Fsp3) is 0.688. The molecule has 0 aliphatic rings. The van der Waals surface area contributed by atoms with Crippen LogP contribution in [0, 0.1) is 0 Å². The van der Waals surface area contributed by atoms with E-state index < -0.39 is 0 Å². The Balaban J connectivity index is 2.13. The fourth-order valence-corrected chi connectivity index (χ4v) is 2.29. The van der Waals surface area contributed by atoms with Gasteiger partial charge in [0.25, 0.3) is 0 Å². The van der Waals surface area contributed by atoms with Gasteiger partial charge >= 0.3 is 0 Å². The molecule has 1 nitrogen and oxygen atoms in total. The maximum absolute atomic E-state index is 2.41. The summed E-state index contributed by atoms with van der Waals surface area (Å²) in [6.45, 7) is 5.70. The highest BCUT2D eigenvalue weighted by molar-refractivity contribution is 4.96. The highest BCUT2D eigenvalue weighted by Gasteiger charge is 2.05. The number of nitrogens with zero attached hydrogens (tertiary/aromatic N) is 1. The molecule has 0 spiro atoms. The number of rotatable bonds is 9. The van der Waals surface area contributed by atoms with E-state index in [1.807, 2.05) is 0 Å². The lowest BCUT2D eigenvalue weighted by Crippen LogP contribution is -2.37. The van der Waals surface area contributed by atoms with Crippen LogP contribution in [0.15, 0.2) is 24.4 Å². The topological polar surface area (TPSA) is 3.88 Å². The molecule has 1 heterocycles. The lowest BCUT2D eigenvalue weighted by Gasteiger charge is -2.02. The molecule has 0 aliphatic carbocycles. The molecule has 0 amide bonds. The number of unbranched alkanes of at least 4 members (excludes halogenated alkanes) is 6. The van der Waals surface area contributed by atoms with Crippen LogP contribution in [0.2, 0.25) is 0 Å². The lowest BCUT2D eigenvalue weighted by molar-refractivity contribution is -0.704.